The number of amides is 1. The number of ether oxygens (including phenoxy) is 1. The predicted molar refractivity (Wildman–Crippen MR) is 119 cm³/mol. The fourth-order valence-corrected chi connectivity index (χ4v) is 4.13. The smallest absolute Gasteiger partial charge is 0.340 e. The van der Waals surface area contributed by atoms with Crippen LogP contribution in [0.5, 0.6) is 0 Å². The number of carbonyl (C=O) groups excluding carboxylic acids is 2. The molecule has 1 N–H and O–H groups in total. The average molecular weight is 495 g/mol. The van der Waals surface area contributed by atoms with Crippen LogP contribution in [0, 0.1) is 11.6 Å². The average Bonchev–Trinajstić information content (AvgIpc) is 2.79. The Labute approximate surface area is 193 Å². The molecule has 172 valence electrons. The number of sulfonamides is 1. The number of benzene rings is 3. The molecular formula is C22H17ClF2N2O5S. The minimum Gasteiger partial charge on any atom is -0.452 e. The summed E-state index contributed by atoms with van der Waals surface area (Å²) in [4.78, 5) is 24.1. The molecule has 7 nitrogen and oxygen atoms in total. The number of halogens is 3. The first-order valence-corrected chi connectivity index (χ1v) is 11.2. The van der Waals surface area contributed by atoms with E-state index in [0.29, 0.717) is 5.69 Å². The zero-order valence-electron chi connectivity index (χ0n) is 17.1. The van der Waals surface area contributed by atoms with Gasteiger partial charge in [0.15, 0.2) is 6.61 Å². The Balaban J connectivity index is 1.73. The molecule has 11 heteroatoms. The second-order valence-corrected chi connectivity index (χ2v) is 9.10. The minimum absolute atomic E-state index is 0.0812. The van der Waals surface area contributed by atoms with E-state index in [1.165, 1.54) is 43.4 Å². The van der Waals surface area contributed by atoms with Gasteiger partial charge in [0.1, 0.15) is 11.6 Å². The van der Waals surface area contributed by atoms with E-state index in [9.17, 15) is 26.8 Å². The number of hydrogen-bond donors (Lipinski definition) is 1. The van der Waals surface area contributed by atoms with Crippen molar-refractivity contribution >= 4 is 44.9 Å². The van der Waals surface area contributed by atoms with Crippen molar-refractivity contribution in [1.82, 2.24) is 0 Å². The van der Waals surface area contributed by atoms with Crippen LogP contribution in [-0.4, -0.2) is 33.9 Å². The summed E-state index contributed by atoms with van der Waals surface area (Å²) in [5.41, 5.74) is 0.236. The first kappa shape index (κ1) is 24.1. The predicted octanol–water partition coefficient (Wildman–Crippen LogP) is 4.24. The van der Waals surface area contributed by atoms with Crippen LogP contribution in [0.4, 0.5) is 20.2 Å². The van der Waals surface area contributed by atoms with E-state index in [0.717, 1.165) is 34.6 Å². The standard InChI is InChI=1S/C22H17ClF2N2O5S/c1-27(17-8-4-15(25)5-9-17)33(30,31)18-10-11-20(23)19(12-18)22(29)32-13-21(28)26-16-6-2-14(24)3-7-16/h2-12H,13H2,1H3,(H,26,28). The normalized spacial score (nSPS) is 11.0. The highest BCUT2D eigenvalue weighted by molar-refractivity contribution is 7.92. The number of anilines is 2. The molecule has 0 atom stereocenters. The molecule has 33 heavy (non-hydrogen) atoms. The van der Waals surface area contributed by atoms with Crippen LogP contribution in [0.15, 0.2) is 71.6 Å². The maximum Gasteiger partial charge on any atom is 0.340 e. The number of nitrogens with one attached hydrogen (secondary N) is 1. The molecule has 0 unspecified atom stereocenters. The Kier molecular flexibility index (Phi) is 7.29. The Morgan fingerprint density at radius 1 is 0.970 bits per heavy atom. The SMILES string of the molecule is CN(c1ccc(F)cc1)S(=O)(=O)c1ccc(Cl)c(C(=O)OCC(=O)Nc2ccc(F)cc2)c1. The zero-order chi connectivity index (χ0) is 24.2. The fourth-order valence-electron chi connectivity index (χ4n) is 2.71. The summed E-state index contributed by atoms with van der Waals surface area (Å²) in [6, 6.07) is 13.2. The summed E-state index contributed by atoms with van der Waals surface area (Å²) in [6.45, 7) is -0.682. The van der Waals surface area contributed by atoms with E-state index in [-0.39, 0.29) is 21.2 Å². The third-order valence-electron chi connectivity index (χ3n) is 4.47. The number of nitrogens with zero attached hydrogens (tertiary/aromatic N) is 1. The lowest BCUT2D eigenvalue weighted by Crippen LogP contribution is -2.27. The van der Waals surface area contributed by atoms with Gasteiger partial charge in [-0.25, -0.2) is 22.0 Å². The van der Waals surface area contributed by atoms with E-state index < -0.39 is 40.1 Å². The van der Waals surface area contributed by atoms with E-state index in [4.69, 9.17) is 16.3 Å². The second kappa shape index (κ2) is 9.97. The molecule has 3 aromatic carbocycles. The summed E-state index contributed by atoms with van der Waals surface area (Å²) < 4.78 is 57.8. The van der Waals surface area contributed by atoms with Crippen LogP contribution in [-0.2, 0) is 19.6 Å². The molecule has 0 aliphatic rings. The molecule has 0 fully saturated rings. The molecule has 0 aliphatic carbocycles. The van der Waals surface area contributed by atoms with Gasteiger partial charge < -0.3 is 10.1 Å². The molecule has 0 bridgehead atoms. The fraction of sp³-hybridized carbons (Fsp3) is 0.0909. The van der Waals surface area contributed by atoms with E-state index in [1.807, 2.05) is 0 Å². The van der Waals surface area contributed by atoms with Crippen molar-refractivity contribution in [1.29, 1.82) is 0 Å². The molecule has 0 radical (unpaired) electrons. The molecular weight excluding hydrogens is 478 g/mol. The highest BCUT2D eigenvalue weighted by Gasteiger charge is 2.24. The Morgan fingerprint density at radius 2 is 1.55 bits per heavy atom. The third-order valence-corrected chi connectivity index (χ3v) is 6.58. The van der Waals surface area contributed by atoms with Crippen LogP contribution in [0.25, 0.3) is 0 Å². The van der Waals surface area contributed by atoms with Crippen molar-refractivity contribution < 1.29 is 31.5 Å². The number of rotatable bonds is 7. The van der Waals surface area contributed by atoms with E-state index >= 15 is 0 Å². The molecule has 0 aromatic heterocycles. The quantitative estimate of drug-likeness (QED) is 0.496. The molecule has 1 amide bonds. The Bertz CT molecular complexity index is 1280. The van der Waals surface area contributed by atoms with Crippen LogP contribution in [0.1, 0.15) is 10.4 Å². The van der Waals surface area contributed by atoms with Crippen molar-refractivity contribution in [2.24, 2.45) is 0 Å². The summed E-state index contributed by atoms with van der Waals surface area (Å²) >= 11 is 6.03. The number of hydrogen-bond acceptors (Lipinski definition) is 5. The summed E-state index contributed by atoms with van der Waals surface area (Å²) in [5.74, 6) is -2.71. The molecule has 3 aromatic rings. The second-order valence-electron chi connectivity index (χ2n) is 6.72. The van der Waals surface area contributed by atoms with Crippen LogP contribution < -0.4 is 9.62 Å². The maximum atomic E-state index is 13.1. The third kappa shape index (κ3) is 5.85. The summed E-state index contributed by atoms with van der Waals surface area (Å²) in [7, 11) is -2.85. The summed E-state index contributed by atoms with van der Waals surface area (Å²) in [5, 5.41) is 2.34. The van der Waals surface area contributed by atoms with Crippen molar-refractivity contribution in [3.8, 4) is 0 Å². The van der Waals surface area contributed by atoms with Crippen LogP contribution >= 0.6 is 11.6 Å². The topological polar surface area (TPSA) is 92.8 Å². The lowest BCUT2D eigenvalue weighted by Gasteiger charge is -2.20. The van der Waals surface area contributed by atoms with Gasteiger partial charge in [-0.15, -0.1) is 0 Å². The van der Waals surface area contributed by atoms with Crippen molar-refractivity contribution in [3.63, 3.8) is 0 Å². The van der Waals surface area contributed by atoms with Gasteiger partial charge in [0.2, 0.25) is 0 Å². The molecule has 0 heterocycles. The molecule has 0 saturated carbocycles. The monoisotopic (exact) mass is 494 g/mol. The van der Waals surface area contributed by atoms with Gasteiger partial charge in [-0.2, -0.15) is 0 Å². The van der Waals surface area contributed by atoms with Gasteiger partial charge in [0.05, 0.1) is 21.2 Å². The zero-order valence-corrected chi connectivity index (χ0v) is 18.7. The highest BCUT2D eigenvalue weighted by atomic mass is 35.5. The highest BCUT2D eigenvalue weighted by Crippen LogP contribution is 2.26. The van der Waals surface area contributed by atoms with Crippen LogP contribution in [0.2, 0.25) is 5.02 Å². The Morgan fingerprint density at radius 3 is 2.15 bits per heavy atom. The molecule has 0 saturated heterocycles. The lowest BCUT2D eigenvalue weighted by molar-refractivity contribution is -0.119. The molecule has 0 aliphatic heterocycles. The molecule has 0 spiro atoms. The first-order valence-electron chi connectivity index (χ1n) is 9.34. The minimum atomic E-state index is -4.12. The first-order chi connectivity index (χ1) is 15.6. The Hall–Kier alpha value is -3.50. The van der Waals surface area contributed by atoms with Crippen molar-refractivity contribution in [2.45, 2.75) is 4.90 Å². The lowest BCUT2D eigenvalue weighted by atomic mass is 10.2. The molecule has 3 rings (SSSR count). The van der Waals surface area contributed by atoms with Gasteiger partial charge in [-0.1, -0.05) is 11.6 Å². The summed E-state index contributed by atoms with van der Waals surface area (Å²) in [6.07, 6.45) is 0. The van der Waals surface area contributed by atoms with Crippen molar-refractivity contribution in [2.75, 3.05) is 23.3 Å². The van der Waals surface area contributed by atoms with E-state index in [1.54, 1.807) is 0 Å². The van der Waals surface area contributed by atoms with Crippen molar-refractivity contribution in [3.05, 3.63) is 89.0 Å². The largest absolute Gasteiger partial charge is 0.452 e. The van der Waals surface area contributed by atoms with Gasteiger partial charge in [0.25, 0.3) is 15.9 Å². The number of esters is 1. The van der Waals surface area contributed by atoms with Gasteiger partial charge in [-0.3, -0.25) is 9.10 Å². The maximum absolute atomic E-state index is 13.1. The van der Waals surface area contributed by atoms with E-state index in [2.05, 4.69) is 5.32 Å². The van der Waals surface area contributed by atoms with Gasteiger partial charge in [-0.05, 0) is 66.7 Å². The number of carbonyl (C=O) groups is 2. The van der Waals surface area contributed by atoms with Gasteiger partial charge >= 0.3 is 5.97 Å². The van der Waals surface area contributed by atoms with Gasteiger partial charge in [0, 0.05) is 12.7 Å². The van der Waals surface area contributed by atoms with Crippen LogP contribution in [0.3, 0.4) is 0 Å².